The van der Waals surface area contributed by atoms with Crippen molar-refractivity contribution in [2.24, 2.45) is 0 Å². The molecule has 0 fully saturated rings. The minimum atomic E-state index is 0.419. The lowest BCUT2D eigenvalue weighted by molar-refractivity contribution is 0.887. The summed E-state index contributed by atoms with van der Waals surface area (Å²) >= 11 is 1.81. The largest absolute Gasteiger partial charge is 0.351 e. The zero-order valence-corrected chi connectivity index (χ0v) is 8.14. The van der Waals surface area contributed by atoms with Gasteiger partial charge in [0.15, 0.2) is 0 Å². The second kappa shape index (κ2) is 4.98. The fraction of sp³-hybridized carbons (Fsp3) is 0.500. The van der Waals surface area contributed by atoms with E-state index in [2.05, 4.69) is 28.5 Å². The molecule has 0 aliphatic heterocycles. The van der Waals surface area contributed by atoms with Crippen molar-refractivity contribution in [3.63, 3.8) is 0 Å². The van der Waals surface area contributed by atoms with Crippen LogP contribution in [0.25, 0.3) is 0 Å². The van der Waals surface area contributed by atoms with Crippen LogP contribution in [0.3, 0.4) is 0 Å². The molecule has 0 saturated carbocycles. The van der Waals surface area contributed by atoms with Gasteiger partial charge in [0, 0.05) is 24.2 Å². The first-order valence-electron chi connectivity index (χ1n) is 3.85. The van der Waals surface area contributed by atoms with Crippen molar-refractivity contribution in [3.8, 4) is 0 Å². The summed E-state index contributed by atoms with van der Waals surface area (Å²) in [5.74, 6) is 1.78. The Balaban J connectivity index is 2.41. The average molecular weight is 183 g/mol. The predicted octanol–water partition coefficient (Wildman–Crippen LogP) is 1.64. The van der Waals surface area contributed by atoms with Crippen LogP contribution in [0.5, 0.6) is 0 Å². The molecule has 1 unspecified atom stereocenters. The van der Waals surface area contributed by atoms with Gasteiger partial charge in [-0.25, -0.2) is 9.97 Å². The number of anilines is 1. The zero-order valence-electron chi connectivity index (χ0n) is 7.32. The molecule has 1 rings (SSSR count). The number of rotatable bonds is 4. The van der Waals surface area contributed by atoms with Crippen molar-refractivity contribution in [3.05, 3.63) is 18.5 Å². The van der Waals surface area contributed by atoms with Gasteiger partial charge in [-0.2, -0.15) is 11.8 Å². The van der Waals surface area contributed by atoms with E-state index in [9.17, 15) is 0 Å². The SMILES string of the molecule is CSCC(C)Nc1ncccn1. The summed E-state index contributed by atoms with van der Waals surface area (Å²) in [5.41, 5.74) is 0. The van der Waals surface area contributed by atoms with E-state index in [0.717, 1.165) is 5.75 Å². The van der Waals surface area contributed by atoms with Crippen LogP contribution in [-0.4, -0.2) is 28.0 Å². The van der Waals surface area contributed by atoms with Crippen molar-refractivity contribution in [2.45, 2.75) is 13.0 Å². The van der Waals surface area contributed by atoms with Gasteiger partial charge >= 0.3 is 0 Å². The molecule has 0 aromatic carbocycles. The van der Waals surface area contributed by atoms with Crippen molar-refractivity contribution in [2.75, 3.05) is 17.3 Å². The van der Waals surface area contributed by atoms with Gasteiger partial charge in [0.05, 0.1) is 0 Å². The summed E-state index contributed by atoms with van der Waals surface area (Å²) in [5, 5.41) is 3.20. The van der Waals surface area contributed by atoms with Crippen LogP contribution < -0.4 is 5.32 Å². The minimum absolute atomic E-state index is 0.419. The third-order valence-electron chi connectivity index (χ3n) is 1.36. The highest BCUT2D eigenvalue weighted by molar-refractivity contribution is 7.98. The van der Waals surface area contributed by atoms with Crippen molar-refractivity contribution in [1.29, 1.82) is 0 Å². The molecule has 0 aliphatic carbocycles. The van der Waals surface area contributed by atoms with E-state index in [1.165, 1.54) is 0 Å². The Kier molecular flexibility index (Phi) is 3.87. The molecule has 1 N–H and O–H groups in total. The van der Waals surface area contributed by atoms with Crippen LogP contribution in [0.1, 0.15) is 6.92 Å². The standard InChI is InChI=1S/C8H13N3S/c1-7(6-12-2)11-8-9-4-3-5-10-8/h3-5,7H,6H2,1-2H3,(H,9,10,11). The summed E-state index contributed by atoms with van der Waals surface area (Å²) in [6.07, 6.45) is 5.56. The molecule has 0 bridgehead atoms. The molecule has 0 aliphatic rings. The highest BCUT2D eigenvalue weighted by Crippen LogP contribution is 2.02. The first-order valence-corrected chi connectivity index (χ1v) is 5.25. The van der Waals surface area contributed by atoms with Crippen LogP contribution in [0.2, 0.25) is 0 Å². The molecule has 0 radical (unpaired) electrons. The smallest absolute Gasteiger partial charge is 0.222 e. The van der Waals surface area contributed by atoms with Gasteiger partial charge in [-0.15, -0.1) is 0 Å². The Morgan fingerprint density at radius 3 is 2.75 bits per heavy atom. The quantitative estimate of drug-likeness (QED) is 0.770. The molecule has 0 saturated heterocycles. The fourth-order valence-corrected chi connectivity index (χ4v) is 1.47. The maximum absolute atomic E-state index is 4.07. The van der Waals surface area contributed by atoms with Crippen LogP contribution in [0, 0.1) is 0 Å². The lowest BCUT2D eigenvalue weighted by Crippen LogP contribution is -2.19. The van der Waals surface area contributed by atoms with E-state index in [0.29, 0.717) is 12.0 Å². The summed E-state index contributed by atoms with van der Waals surface area (Å²) in [4.78, 5) is 8.14. The summed E-state index contributed by atoms with van der Waals surface area (Å²) < 4.78 is 0. The molecule has 1 heterocycles. The molecule has 1 aromatic heterocycles. The topological polar surface area (TPSA) is 37.8 Å². The average Bonchev–Trinajstić information content (AvgIpc) is 2.06. The fourth-order valence-electron chi connectivity index (χ4n) is 0.886. The summed E-state index contributed by atoms with van der Waals surface area (Å²) in [7, 11) is 0. The molecule has 12 heavy (non-hydrogen) atoms. The number of aromatic nitrogens is 2. The summed E-state index contributed by atoms with van der Waals surface area (Å²) in [6.45, 7) is 2.12. The van der Waals surface area contributed by atoms with Crippen LogP contribution in [0.15, 0.2) is 18.5 Å². The lowest BCUT2D eigenvalue weighted by Gasteiger charge is -2.10. The highest BCUT2D eigenvalue weighted by Gasteiger charge is 2.00. The monoisotopic (exact) mass is 183 g/mol. The van der Waals surface area contributed by atoms with E-state index in [1.807, 2.05) is 17.8 Å². The molecular formula is C8H13N3S. The Morgan fingerprint density at radius 2 is 2.17 bits per heavy atom. The minimum Gasteiger partial charge on any atom is -0.351 e. The second-order valence-corrected chi connectivity index (χ2v) is 3.48. The number of hydrogen-bond donors (Lipinski definition) is 1. The zero-order chi connectivity index (χ0) is 8.81. The third kappa shape index (κ3) is 3.09. The van der Waals surface area contributed by atoms with Gasteiger partial charge in [0.25, 0.3) is 0 Å². The molecule has 0 amide bonds. The van der Waals surface area contributed by atoms with E-state index in [4.69, 9.17) is 0 Å². The molecule has 66 valence electrons. The number of nitrogens with zero attached hydrogens (tertiary/aromatic N) is 2. The van der Waals surface area contributed by atoms with Crippen LogP contribution in [-0.2, 0) is 0 Å². The maximum Gasteiger partial charge on any atom is 0.222 e. The van der Waals surface area contributed by atoms with Crippen molar-refractivity contribution >= 4 is 17.7 Å². The first kappa shape index (κ1) is 9.32. The molecule has 4 heteroatoms. The van der Waals surface area contributed by atoms with E-state index >= 15 is 0 Å². The Labute approximate surface area is 77.0 Å². The molecule has 3 nitrogen and oxygen atoms in total. The lowest BCUT2D eigenvalue weighted by atomic mass is 10.4. The van der Waals surface area contributed by atoms with Gasteiger partial charge in [-0.3, -0.25) is 0 Å². The maximum atomic E-state index is 4.07. The Morgan fingerprint density at radius 1 is 1.50 bits per heavy atom. The van der Waals surface area contributed by atoms with Crippen molar-refractivity contribution in [1.82, 2.24) is 9.97 Å². The molecule has 0 spiro atoms. The number of nitrogens with one attached hydrogen (secondary N) is 1. The molecule has 1 aromatic rings. The van der Waals surface area contributed by atoms with Gasteiger partial charge in [-0.1, -0.05) is 0 Å². The second-order valence-electron chi connectivity index (χ2n) is 2.57. The highest BCUT2D eigenvalue weighted by atomic mass is 32.2. The number of hydrogen-bond acceptors (Lipinski definition) is 4. The van der Waals surface area contributed by atoms with Crippen LogP contribution >= 0.6 is 11.8 Å². The number of thioether (sulfide) groups is 1. The molecule has 1 atom stereocenters. The van der Waals surface area contributed by atoms with Gasteiger partial charge in [0.1, 0.15) is 0 Å². The van der Waals surface area contributed by atoms with E-state index in [-0.39, 0.29) is 0 Å². The van der Waals surface area contributed by atoms with Gasteiger partial charge in [-0.05, 0) is 19.2 Å². The van der Waals surface area contributed by atoms with Gasteiger partial charge < -0.3 is 5.32 Å². The van der Waals surface area contributed by atoms with Gasteiger partial charge in [0.2, 0.25) is 5.95 Å². The normalized spacial score (nSPS) is 12.5. The van der Waals surface area contributed by atoms with Crippen LogP contribution in [0.4, 0.5) is 5.95 Å². The first-order chi connectivity index (χ1) is 5.83. The predicted molar refractivity (Wildman–Crippen MR) is 53.5 cm³/mol. The third-order valence-corrected chi connectivity index (χ3v) is 2.19. The molecular weight excluding hydrogens is 170 g/mol. The Hall–Kier alpha value is -0.770. The summed E-state index contributed by atoms with van der Waals surface area (Å²) in [6, 6.07) is 2.23. The van der Waals surface area contributed by atoms with Crippen molar-refractivity contribution < 1.29 is 0 Å². The van der Waals surface area contributed by atoms with E-state index < -0.39 is 0 Å². The Bertz CT molecular complexity index is 215. The van der Waals surface area contributed by atoms with E-state index in [1.54, 1.807) is 12.4 Å².